The number of esters is 2. The highest BCUT2D eigenvalue weighted by atomic mass is 32.2. The molecular weight excluding hydrogens is 324 g/mol. The molecule has 0 N–H and O–H groups in total. The predicted molar refractivity (Wildman–Crippen MR) is 78.9 cm³/mol. The van der Waals surface area contributed by atoms with Crippen LogP contribution in [0.3, 0.4) is 0 Å². The van der Waals surface area contributed by atoms with Crippen molar-refractivity contribution in [3.8, 4) is 0 Å². The highest BCUT2D eigenvalue weighted by Gasteiger charge is 2.72. The molecule has 2 aliphatic heterocycles. The molecule has 8 heteroatoms. The first-order valence-electron chi connectivity index (χ1n) is 7.59. The van der Waals surface area contributed by atoms with Crippen molar-refractivity contribution in [1.29, 1.82) is 0 Å². The van der Waals surface area contributed by atoms with Crippen LogP contribution in [0.15, 0.2) is 12.2 Å². The van der Waals surface area contributed by atoms with Gasteiger partial charge in [-0.05, 0) is 26.2 Å². The third kappa shape index (κ3) is 2.39. The summed E-state index contributed by atoms with van der Waals surface area (Å²) >= 11 is 0. The standard InChI is InChI=1S/C15H20O7S/c1-6(2)13(16)20-8(4)14(17)21-11-7(3)5-9-10-12(11)22-15(10)23(9,18)19/h7-12,15H,1,5H2,2-4H3. The van der Waals surface area contributed by atoms with Crippen molar-refractivity contribution in [3.05, 3.63) is 12.2 Å². The monoisotopic (exact) mass is 344 g/mol. The Morgan fingerprint density at radius 3 is 2.61 bits per heavy atom. The molecule has 2 heterocycles. The second-order valence-corrected chi connectivity index (χ2v) is 8.86. The van der Waals surface area contributed by atoms with E-state index in [0.717, 1.165) is 0 Å². The average Bonchev–Trinajstić information content (AvgIpc) is 2.42. The smallest absolute Gasteiger partial charge is 0.347 e. The molecule has 0 spiro atoms. The van der Waals surface area contributed by atoms with E-state index >= 15 is 0 Å². The van der Waals surface area contributed by atoms with Gasteiger partial charge in [0.05, 0.1) is 5.25 Å². The van der Waals surface area contributed by atoms with Crippen LogP contribution >= 0.6 is 0 Å². The van der Waals surface area contributed by atoms with E-state index in [1.54, 1.807) is 0 Å². The topological polar surface area (TPSA) is 96.0 Å². The molecule has 1 saturated carbocycles. The second kappa shape index (κ2) is 5.31. The number of sulfone groups is 1. The summed E-state index contributed by atoms with van der Waals surface area (Å²) in [5.41, 5.74) is -0.534. The van der Waals surface area contributed by atoms with Gasteiger partial charge in [0, 0.05) is 11.5 Å². The fraction of sp³-hybridized carbons (Fsp3) is 0.733. The second-order valence-electron chi connectivity index (χ2n) is 6.62. The van der Waals surface area contributed by atoms with Gasteiger partial charge in [-0.15, -0.1) is 0 Å². The first kappa shape index (κ1) is 16.4. The lowest BCUT2D eigenvalue weighted by Crippen LogP contribution is -2.77. The van der Waals surface area contributed by atoms with E-state index in [2.05, 4.69) is 6.58 Å². The van der Waals surface area contributed by atoms with Crippen LogP contribution in [0.1, 0.15) is 27.2 Å². The summed E-state index contributed by atoms with van der Waals surface area (Å²) in [4.78, 5) is 23.5. The number of hydrogen-bond acceptors (Lipinski definition) is 7. The summed E-state index contributed by atoms with van der Waals surface area (Å²) < 4.78 is 39.6. The highest BCUT2D eigenvalue weighted by Crippen LogP contribution is 2.56. The van der Waals surface area contributed by atoms with Gasteiger partial charge in [0.15, 0.2) is 21.4 Å². The normalized spacial score (nSPS) is 40.7. The zero-order chi connectivity index (χ0) is 17.1. The van der Waals surface area contributed by atoms with E-state index in [1.807, 2.05) is 6.92 Å². The number of carbonyl (C=O) groups excluding carboxylic acids is 2. The van der Waals surface area contributed by atoms with Crippen LogP contribution in [0.4, 0.5) is 0 Å². The van der Waals surface area contributed by atoms with E-state index in [-0.39, 0.29) is 28.8 Å². The van der Waals surface area contributed by atoms with Crippen LogP contribution in [0, 0.1) is 11.8 Å². The summed E-state index contributed by atoms with van der Waals surface area (Å²) in [6.45, 7) is 8.20. The third-order valence-electron chi connectivity index (χ3n) is 4.87. The summed E-state index contributed by atoms with van der Waals surface area (Å²) in [5.74, 6) is -1.53. The molecule has 3 rings (SSSR count). The maximum atomic E-state index is 12.1. The van der Waals surface area contributed by atoms with Gasteiger partial charge in [0.25, 0.3) is 0 Å². The molecule has 7 atom stereocenters. The minimum absolute atomic E-state index is 0.0812. The Balaban J connectivity index is 1.62. The van der Waals surface area contributed by atoms with Crippen LogP contribution < -0.4 is 0 Å². The van der Waals surface area contributed by atoms with Crippen LogP contribution in [0.25, 0.3) is 0 Å². The molecule has 0 aromatic rings. The number of rotatable bonds is 4. The molecule has 7 unspecified atom stereocenters. The quantitative estimate of drug-likeness (QED) is 0.544. The Labute approximate surface area is 134 Å². The molecule has 1 aliphatic carbocycles. The Kier molecular flexibility index (Phi) is 3.79. The van der Waals surface area contributed by atoms with E-state index in [9.17, 15) is 18.0 Å². The zero-order valence-corrected chi connectivity index (χ0v) is 14.0. The van der Waals surface area contributed by atoms with Crippen LogP contribution in [-0.4, -0.2) is 49.4 Å². The van der Waals surface area contributed by atoms with Gasteiger partial charge in [-0.1, -0.05) is 13.5 Å². The molecule has 0 aromatic heterocycles. The molecule has 0 radical (unpaired) electrons. The number of carbonyl (C=O) groups is 2. The van der Waals surface area contributed by atoms with Crippen molar-refractivity contribution in [2.45, 2.75) is 56.2 Å². The van der Waals surface area contributed by atoms with Crippen LogP contribution in [0.5, 0.6) is 0 Å². The van der Waals surface area contributed by atoms with E-state index in [1.165, 1.54) is 13.8 Å². The van der Waals surface area contributed by atoms with Gasteiger partial charge in [-0.2, -0.15) is 0 Å². The first-order chi connectivity index (χ1) is 10.6. The molecule has 3 fully saturated rings. The lowest BCUT2D eigenvalue weighted by atomic mass is 9.74. The van der Waals surface area contributed by atoms with Gasteiger partial charge >= 0.3 is 11.9 Å². The van der Waals surface area contributed by atoms with Crippen LogP contribution in [0.2, 0.25) is 0 Å². The average molecular weight is 344 g/mol. The van der Waals surface area contributed by atoms with E-state index < -0.39 is 39.4 Å². The van der Waals surface area contributed by atoms with Crippen molar-refractivity contribution in [2.24, 2.45) is 11.8 Å². The van der Waals surface area contributed by atoms with E-state index in [0.29, 0.717) is 6.42 Å². The fourth-order valence-electron chi connectivity index (χ4n) is 3.52. The van der Waals surface area contributed by atoms with Crippen molar-refractivity contribution < 1.29 is 32.2 Å². The van der Waals surface area contributed by atoms with Gasteiger partial charge in [-0.3, -0.25) is 0 Å². The van der Waals surface area contributed by atoms with Gasteiger partial charge < -0.3 is 14.2 Å². The maximum absolute atomic E-state index is 12.1. The van der Waals surface area contributed by atoms with Crippen molar-refractivity contribution >= 4 is 21.8 Å². The lowest BCUT2D eigenvalue weighted by Gasteiger charge is -2.62. The largest absolute Gasteiger partial charge is 0.457 e. The molecule has 7 nitrogen and oxygen atoms in total. The first-order valence-corrected chi connectivity index (χ1v) is 9.20. The maximum Gasteiger partial charge on any atom is 0.347 e. The molecule has 0 amide bonds. The van der Waals surface area contributed by atoms with Gasteiger partial charge in [0.1, 0.15) is 12.2 Å². The number of hydrogen-bond donors (Lipinski definition) is 0. The Bertz CT molecular complexity index is 667. The minimum atomic E-state index is -3.16. The Morgan fingerprint density at radius 2 is 2.00 bits per heavy atom. The zero-order valence-electron chi connectivity index (χ0n) is 13.2. The predicted octanol–water partition coefficient (Wildman–Crippen LogP) is 0.584. The van der Waals surface area contributed by atoms with Crippen molar-refractivity contribution in [2.75, 3.05) is 0 Å². The summed E-state index contributed by atoms with van der Waals surface area (Å²) in [6.07, 6.45) is -1.49. The van der Waals surface area contributed by atoms with Crippen LogP contribution in [-0.2, 0) is 33.6 Å². The Morgan fingerprint density at radius 1 is 1.35 bits per heavy atom. The molecule has 2 saturated heterocycles. The number of ether oxygens (including phenoxy) is 3. The fourth-order valence-corrected chi connectivity index (χ4v) is 5.97. The Hall–Kier alpha value is -1.41. The molecule has 23 heavy (non-hydrogen) atoms. The molecular formula is C15H20O7S. The molecule has 0 bridgehead atoms. The van der Waals surface area contributed by atoms with Gasteiger partial charge in [0.2, 0.25) is 0 Å². The highest BCUT2D eigenvalue weighted by molar-refractivity contribution is 7.94. The SMILES string of the molecule is C=C(C)C(=O)OC(C)C(=O)OC1C(C)CC2C3C1OC3S2(=O)=O. The third-order valence-corrected chi connectivity index (χ3v) is 7.29. The van der Waals surface area contributed by atoms with Crippen molar-refractivity contribution in [1.82, 2.24) is 0 Å². The summed E-state index contributed by atoms with van der Waals surface area (Å²) in [5, 5.41) is -0.380. The summed E-state index contributed by atoms with van der Waals surface area (Å²) in [6, 6.07) is 0. The summed E-state index contributed by atoms with van der Waals surface area (Å²) in [7, 11) is -3.16. The minimum Gasteiger partial charge on any atom is -0.457 e. The lowest BCUT2D eigenvalue weighted by molar-refractivity contribution is -0.244. The molecule has 3 aliphatic rings. The molecule has 0 aromatic carbocycles. The van der Waals surface area contributed by atoms with E-state index in [4.69, 9.17) is 14.2 Å². The van der Waals surface area contributed by atoms with Gasteiger partial charge in [-0.25, -0.2) is 18.0 Å². The molecule has 128 valence electrons. The van der Waals surface area contributed by atoms with Crippen molar-refractivity contribution in [3.63, 3.8) is 0 Å².